The number of nitrogens with zero attached hydrogens (tertiary/aromatic N) is 2. The largest absolute Gasteiger partial charge is 0.490 e. The normalized spacial score (nSPS) is 16.3. The first kappa shape index (κ1) is 18.4. The van der Waals surface area contributed by atoms with Crippen LogP contribution >= 0.6 is 0 Å². The Morgan fingerprint density at radius 2 is 2.12 bits per heavy atom. The van der Waals surface area contributed by atoms with Crippen molar-refractivity contribution < 1.29 is 22.5 Å². The highest BCUT2D eigenvalue weighted by Crippen LogP contribution is 2.21. The zero-order valence-corrected chi connectivity index (χ0v) is 15.2. The highest BCUT2D eigenvalue weighted by molar-refractivity contribution is 7.88. The summed E-state index contributed by atoms with van der Waals surface area (Å²) in [5, 5.41) is 6.50. The summed E-state index contributed by atoms with van der Waals surface area (Å²) in [5.41, 5.74) is 1.13. The minimum Gasteiger partial charge on any atom is -0.490 e. The average molecular weight is 379 g/mol. The lowest BCUT2D eigenvalue weighted by molar-refractivity contribution is 0.0948. The quantitative estimate of drug-likeness (QED) is 0.814. The van der Waals surface area contributed by atoms with Crippen LogP contribution in [0, 0.1) is 0 Å². The molecule has 0 spiro atoms. The fraction of sp³-hybridized carbons (Fsp3) is 0.412. The molecular formula is C17H21N3O5S. The van der Waals surface area contributed by atoms with E-state index in [0.29, 0.717) is 42.9 Å². The van der Waals surface area contributed by atoms with Gasteiger partial charge in [-0.15, -0.1) is 0 Å². The molecule has 1 N–H and O–H groups in total. The molecule has 8 nitrogen and oxygen atoms in total. The van der Waals surface area contributed by atoms with Gasteiger partial charge in [-0.2, -0.15) is 0 Å². The van der Waals surface area contributed by atoms with E-state index in [-0.39, 0.29) is 18.6 Å². The van der Waals surface area contributed by atoms with Crippen LogP contribution in [0.5, 0.6) is 5.75 Å². The smallest absolute Gasteiger partial charge is 0.251 e. The van der Waals surface area contributed by atoms with Crippen LogP contribution in [-0.4, -0.2) is 49.2 Å². The maximum Gasteiger partial charge on any atom is 0.251 e. The van der Waals surface area contributed by atoms with E-state index in [9.17, 15) is 13.2 Å². The van der Waals surface area contributed by atoms with E-state index in [1.54, 1.807) is 30.3 Å². The molecule has 0 unspecified atom stereocenters. The van der Waals surface area contributed by atoms with Crippen molar-refractivity contribution in [1.82, 2.24) is 14.8 Å². The van der Waals surface area contributed by atoms with Crippen LogP contribution < -0.4 is 10.1 Å². The number of rotatable bonds is 6. The molecule has 0 radical (unpaired) electrons. The molecule has 3 rings (SSSR count). The number of ether oxygens (including phenoxy) is 1. The minimum atomic E-state index is -3.15. The molecule has 1 amide bonds. The van der Waals surface area contributed by atoms with Crippen molar-refractivity contribution in [3.8, 4) is 5.75 Å². The Hall–Kier alpha value is -2.39. The van der Waals surface area contributed by atoms with Gasteiger partial charge in [-0.25, -0.2) is 12.7 Å². The second kappa shape index (κ2) is 7.88. The van der Waals surface area contributed by atoms with Crippen LogP contribution in [0.25, 0.3) is 0 Å². The van der Waals surface area contributed by atoms with Gasteiger partial charge in [0.2, 0.25) is 10.0 Å². The summed E-state index contributed by atoms with van der Waals surface area (Å²) >= 11 is 0. The molecule has 0 atom stereocenters. The second-order valence-electron chi connectivity index (χ2n) is 6.18. The van der Waals surface area contributed by atoms with E-state index in [0.717, 1.165) is 0 Å². The lowest BCUT2D eigenvalue weighted by Crippen LogP contribution is -2.41. The average Bonchev–Trinajstić information content (AvgIpc) is 3.13. The molecule has 26 heavy (non-hydrogen) atoms. The third kappa shape index (κ3) is 4.83. The highest BCUT2D eigenvalue weighted by Gasteiger charge is 2.26. The Kier molecular flexibility index (Phi) is 5.58. The van der Waals surface area contributed by atoms with Crippen molar-refractivity contribution in [3.63, 3.8) is 0 Å². The Balaban J connectivity index is 1.55. The van der Waals surface area contributed by atoms with Crippen LogP contribution in [0.3, 0.4) is 0 Å². The van der Waals surface area contributed by atoms with Crippen molar-refractivity contribution >= 4 is 15.9 Å². The zero-order valence-electron chi connectivity index (χ0n) is 14.4. The SMILES string of the molecule is CS(=O)(=O)N1CCC(Oc2cccc(C(=O)NCc3ccon3)c2)CC1. The number of carbonyl (C=O) groups excluding carboxylic acids is 1. The van der Waals surface area contributed by atoms with Gasteiger partial charge >= 0.3 is 0 Å². The van der Waals surface area contributed by atoms with Crippen LogP contribution in [0.4, 0.5) is 0 Å². The van der Waals surface area contributed by atoms with E-state index < -0.39 is 10.0 Å². The van der Waals surface area contributed by atoms with Gasteiger partial charge in [0.15, 0.2) is 0 Å². The van der Waals surface area contributed by atoms with Crippen molar-refractivity contribution in [2.24, 2.45) is 0 Å². The number of nitrogens with one attached hydrogen (secondary N) is 1. The minimum absolute atomic E-state index is 0.0681. The Labute approximate surface area is 152 Å². The fourth-order valence-corrected chi connectivity index (χ4v) is 3.66. The molecule has 1 aliphatic rings. The van der Waals surface area contributed by atoms with E-state index in [1.165, 1.54) is 16.8 Å². The summed E-state index contributed by atoms with van der Waals surface area (Å²) in [6.45, 7) is 1.17. The number of amides is 1. The van der Waals surface area contributed by atoms with Gasteiger partial charge in [0.05, 0.1) is 12.8 Å². The molecule has 1 aromatic carbocycles. The van der Waals surface area contributed by atoms with Crippen molar-refractivity contribution in [1.29, 1.82) is 0 Å². The summed E-state index contributed by atoms with van der Waals surface area (Å²) in [5.74, 6) is 0.363. The monoisotopic (exact) mass is 379 g/mol. The van der Waals surface area contributed by atoms with Crippen molar-refractivity contribution in [2.45, 2.75) is 25.5 Å². The first-order valence-electron chi connectivity index (χ1n) is 8.31. The molecule has 9 heteroatoms. The first-order chi connectivity index (χ1) is 12.4. The van der Waals surface area contributed by atoms with Gasteiger partial charge < -0.3 is 14.6 Å². The van der Waals surface area contributed by atoms with Gasteiger partial charge in [0, 0.05) is 24.7 Å². The molecule has 0 aliphatic carbocycles. The maximum absolute atomic E-state index is 12.2. The topological polar surface area (TPSA) is 102 Å². The fourth-order valence-electron chi connectivity index (χ4n) is 2.79. The van der Waals surface area contributed by atoms with Crippen LogP contribution in [0.15, 0.2) is 41.1 Å². The number of hydrogen-bond acceptors (Lipinski definition) is 6. The molecule has 1 aromatic heterocycles. The predicted molar refractivity (Wildman–Crippen MR) is 94.2 cm³/mol. The molecular weight excluding hydrogens is 358 g/mol. The van der Waals surface area contributed by atoms with E-state index in [4.69, 9.17) is 9.26 Å². The van der Waals surface area contributed by atoms with Crippen molar-refractivity contribution in [2.75, 3.05) is 19.3 Å². The van der Waals surface area contributed by atoms with Crippen LogP contribution in [0.1, 0.15) is 28.9 Å². The van der Waals surface area contributed by atoms with E-state index in [1.807, 2.05) is 0 Å². The van der Waals surface area contributed by atoms with E-state index >= 15 is 0 Å². The number of hydrogen-bond donors (Lipinski definition) is 1. The molecule has 1 aliphatic heterocycles. The molecule has 0 saturated carbocycles. The van der Waals surface area contributed by atoms with E-state index in [2.05, 4.69) is 10.5 Å². The summed E-state index contributed by atoms with van der Waals surface area (Å²) in [4.78, 5) is 12.2. The maximum atomic E-state index is 12.2. The van der Waals surface area contributed by atoms with Gasteiger partial charge in [-0.1, -0.05) is 11.2 Å². The Morgan fingerprint density at radius 3 is 2.77 bits per heavy atom. The number of benzene rings is 1. The molecule has 140 valence electrons. The lowest BCUT2D eigenvalue weighted by Gasteiger charge is -2.30. The molecule has 2 heterocycles. The van der Waals surface area contributed by atoms with Crippen molar-refractivity contribution in [3.05, 3.63) is 47.9 Å². The number of piperidine rings is 1. The molecule has 2 aromatic rings. The van der Waals surface area contributed by atoms with Crippen LogP contribution in [-0.2, 0) is 16.6 Å². The van der Waals surface area contributed by atoms with Gasteiger partial charge in [0.1, 0.15) is 23.8 Å². The number of aromatic nitrogens is 1. The summed E-state index contributed by atoms with van der Waals surface area (Å²) in [7, 11) is -3.15. The molecule has 0 bridgehead atoms. The van der Waals surface area contributed by atoms with Gasteiger partial charge in [-0.05, 0) is 31.0 Å². The molecule has 1 fully saturated rings. The van der Waals surface area contributed by atoms with Gasteiger partial charge in [-0.3, -0.25) is 4.79 Å². The molecule has 1 saturated heterocycles. The predicted octanol–water partition coefficient (Wildman–Crippen LogP) is 1.41. The van der Waals surface area contributed by atoms with Gasteiger partial charge in [0.25, 0.3) is 5.91 Å². The number of sulfonamides is 1. The third-order valence-electron chi connectivity index (χ3n) is 4.19. The second-order valence-corrected chi connectivity index (χ2v) is 8.16. The summed E-state index contributed by atoms with van der Waals surface area (Å²) < 4.78 is 35.2. The lowest BCUT2D eigenvalue weighted by atomic mass is 10.1. The third-order valence-corrected chi connectivity index (χ3v) is 5.49. The Morgan fingerprint density at radius 1 is 1.35 bits per heavy atom. The number of carbonyl (C=O) groups is 1. The summed E-state index contributed by atoms with van der Waals surface area (Å²) in [6.07, 6.45) is 3.84. The first-order valence-corrected chi connectivity index (χ1v) is 10.2. The highest BCUT2D eigenvalue weighted by atomic mass is 32.2. The zero-order chi connectivity index (χ0) is 18.6. The Bertz CT molecular complexity index is 843. The summed E-state index contributed by atoms with van der Waals surface area (Å²) in [6, 6.07) is 8.62. The standard InChI is InChI=1S/C17H21N3O5S/c1-26(22,23)20-8-5-15(6-9-20)25-16-4-2-3-13(11-16)17(21)18-12-14-7-10-24-19-14/h2-4,7,10-11,15H,5-6,8-9,12H2,1H3,(H,18,21). The van der Waals surface area contributed by atoms with Crippen LogP contribution in [0.2, 0.25) is 0 Å².